The molecule has 3 rings (SSSR count). The van der Waals surface area contributed by atoms with Gasteiger partial charge in [-0.05, 0) is 18.9 Å². The van der Waals surface area contributed by atoms with Crippen molar-refractivity contribution in [3.8, 4) is 0 Å². The van der Waals surface area contributed by atoms with Gasteiger partial charge in [0.2, 0.25) is 5.95 Å². The molecule has 1 aromatic rings. The van der Waals surface area contributed by atoms with Gasteiger partial charge in [0.1, 0.15) is 0 Å². The van der Waals surface area contributed by atoms with Gasteiger partial charge in [0, 0.05) is 60.6 Å². The monoisotopic (exact) mass is 310 g/mol. The maximum atomic E-state index is 4.38. The summed E-state index contributed by atoms with van der Waals surface area (Å²) < 4.78 is 0. The van der Waals surface area contributed by atoms with Crippen LogP contribution in [0.15, 0.2) is 18.5 Å². The molecule has 1 N–H and O–H groups in total. The standard InChI is InChI=1S/C14H22N4S2/c1-3-12(17-13-10-19-7-8-20-11-13)9-18(6-1)14-15-4-2-5-16-14/h2,4-5,12-13,17H,1,3,6-11H2/t12-/m0/s1. The van der Waals surface area contributed by atoms with E-state index in [0.29, 0.717) is 12.1 Å². The fraction of sp³-hybridized carbons (Fsp3) is 0.714. The van der Waals surface area contributed by atoms with Crippen LogP contribution in [0.25, 0.3) is 0 Å². The Morgan fingerprint density at radius 1 is 1.10 bits per heavy atom. The highest BCUT2D eigenvalue weighted by Crippen LogP contribution is 2.20. The van der Waals surface area contributed by atoms with Gasteiger partial charge in [0.15, 0.2) is 0 Å². The molecule has 6 heteroatoms. The first kappa shape index (κ1) is 14.5. The van der Waals surface area contributed by atoms with Crippen LogP contribution in [-0.2, 0) is 0 Å². The molecular weight excluding hydrogens is 288 g/mol. The molecule has 2 aliphatic rings. The number of nitrogens with zero attached hydrogens (tertiary/aromatic N) is 3. The second-order valence-corrected chi connectivity index (χ2v) is 7.65. The first-order valence-corrected chi connectivity index (χ1v) is 9.66. The van der Waals surface area contributed by atoms with Gasteiger partial charge in [-0.3, -0.25) is 0 Å². The summed E-state index contributed by atoms with van der Waals surface area (Å²) in [5.74, 6) is 6.00. The molecule has 0 saturated carbocycles. The zero-order valence-electron chi connectivity index (χ0n) is 11.7. The van der Waals surface area contributed by atoms with Crippen molar-refractivity contribution in [1.82, 2.24) is 15.3 Å². The molecule has 0 aliphatic carbocycles. The SMILES string of the molecule is c1cnc(N2CCC[C@H](NC3CSCCSC3)C2)nc1. The maximum absolute atomic E-state index is 4.38. The molecule has 0 spiro atoms. The molecule has 0 bridgehead atoms. The van der Waals surface area contributed by atoms with Gasteiger partial charge in [-0.25, -0.2) is 9.97 Å². The minimum Gasteiger partial charge on any atom is -0.339 e. The van der Waals surface area contributed by atoms with Crippen LogP contribution in [-0.4, -0.2) is 58.2 Å². The Labute approximate surface area is 129 Å². The smallest absolute Gasteiger partial charge is 0.225 e. The van der Waals surface area contributed by atoms with Crippen LogP contribution in [0.2, 0.25) is 0 Å². The van der Waals surface area contributed by atoms with Crippen LogP contribution in [0.1, 0.15) is 12.8 Å². The molecule has 0 aromatic carbocycles. The Kier molecular flexibility index (Phi) is 5.44. The lowest BCUT2D eigenvalue weighted by atomic mass is 10.1. The van der Waals surface area contributed by atoms with E-state index in [4.69, 9.17) is 0 Å². The second kappa shape index (κ2) is 7.52. The number of anilines is 1. The number of aromatic nitrogens is 2. The minimum atomic E-state index is 0.580. The van der Waals surface area contributed by atoms with Gasteiger partial charge in [-0.1, -0.05) is 0 Å². The Bertz CT molecular complexity index is 395. The van der Waals surface area contributed by atoms with Crippen molar-refractivity contribution < 1.29 is 0 Å². The van der Waals surface area contributed by atoms with Crippen molar-refractivity contribution in [3.63, 3.8) is 0 Å². The van der Waals surface area contributed by atoms with Crippen molar-refractivity contribution in [1.29, 1.82) is 0 Å². The van der Waals surface area contributed by atoms with Gasteiger partial charge < -0.3 is 10.2 Å². The summed E-state index contributed by atoms with van der Waals surface area (Å²) in [6.07, 6.45) is 6.16. The number of rotatable bonds is 3. The third-order valence-electron chi connectivity index (χ3n) is 3.74. The minimum absolute atomic E-state index is 0.580. The molecule has 20 heavy (non-hydrogen) atoms. The summed E-state index contributed by atoms with van der Waals surface area (Å²) in [6.45, 7) is 2.12. The van der Waals surface area contributed by atoms with Crippen molar-refractivity contribution in [2.75, 3.05) is 41.0 Å². The maximum Gasteiger partial charge on any atom is 0.225 e. The summed E-state index contributed by atoms with van der Waals surface area (Å²) in [4.78, 5) is 11.1. The lowest BCUT2D eigenvalue weighted by Gasteiger charge is -2.35. The molecular formula is C14H22N4S2. The zero-order valence-corrected chi connectivity index (χ0v) is 13.3. The van der Waals surface area contributed by atoms with Crippen LogP contribution in [0.4, 0.5) is 5.95 Å². The van der Waals surface area contributed by atoms with Crippen LogP contribution in [0, 0.1) is 0 Å². The van der Waals surface area contributed by atoms with E-state index in [2.05, 4.69) is 43.7 Å². The number of hydrogen-bond acceptors (Lipinski definition) is 6. The highest BCUT2D eigenvalue weighted by molar-refractivity contribution is 8.03. The van der Waals surface area contributed by atoms with Gasteiger partial charge in [-0.15, -0.1) is 0 Å². The Hall–Kier alpha value is -0.460. The van der Waals surface area contributed by atoms with Gasteiger partial charge in [0.05, 0.1) is 0 Å². The van der Waals surface area contributed by atoms with E-state index < -0.39 is 0 Å². The second-order valence-electron chi connectivity index (χ2n) is 5.35. The molecule has 4 nitrogen and oxygen atoms in total. The summed E-state index contributed by atoms with van der Waals surface area (Å²) in [7, 11) is 0. The molecule has 0 amide bonds. The molecule has 2 saturated heterocycles. The zero-order chi connectivity index (χ0) is 13.6. The number of hydrogen-bond donors (Lipinski definition) is 1. The molecule has 2 fully saturated rings. The number of piperidine rings is 1. The molecule has 3 heterocycles. The quantitative estimate of drug-likeness (QED) is 0.919. The molecule has 110 valence electrons. The fourth-order valence-corrected chi connectivity index (χ4v) is 5.22. The summed E-state index contributed by atoms with van der Waals surface area (Å²) in [6, 6.07) is 3.12. The van der Waals surface area contributed by atoms with E-state index in [1.807, 2.05) is 18.5 Å². The van der Waals surface area contributed by atoms with Crippen molar-refractivity contribution in [2.24, 2.45) is 0 Å². The summed E-state index contributed by atoms with van der Waals surface area (Å²) in [5, 5.41) is 3.86. The fourth-order valence-electron chi connectivity index (χ4n) is 2.80. The molecule has 2 aliphatic heterocycles. The Morgan fingerprint density at radius 2 is 1.85 bits per heavy atom. The third kappa shape index (κ3) is 4.02. The van der Waals surface area contributed by atoms with Crippen LogP contribution < -0.4 is 10.2 Å². The van der Waals surface area contributed by atoms with Gasteiger partial charge >= 0.3 is 0 Å². The van der Waals surface area contributed by atoms with Crippen molar-refractivity contribution in [3.05, 3.63) is 18.5 Å². The number of thioether (sulfide) groups is 2. The van der Waals surface area contributed by atoms with Crippen LogP contribution >= 0.6 is 23.5 Å². The van der Waals surface area contributed by atoms with E-state index in [0.717, 1.165) is 19.0 Å². The van der Waals surface area contributed by atoms with Crippen molar-refractivity contribution >= 4 is 29.5 Å². The van der Waals surface area contributed by atoms with E-state index in [-0.39, 0.29) is 0 Å². The highest BCUT2D eigenvalue weighted by atomic mass is 32.2. The third-order valence-corrected chi connectivity index (χ3v) is 6.26. The first-order valence-electron chi connectivity index (χ1n) is 7.35. The van der Waals surface area contributed by atoms with E-state index in [1.54, 1.807) is 0 Å². The van der Waals surface area contributed by atoms with E-state index in [9.17, 15) is 0 Å². The lowest BCUT2D eigenvalue weighted by Crippen LogP contribution is -2.50. The summed E-state index contributed by atoms with van der Waals surface area (Å²) >= 11 is 4.18. The Morgan fingerprint density at radius 3 is 2.60 bits per heavy atom. The average molecular weight is 310 g/mol. The molecule has 1 aromatic heterocycles. The van der Waals surface area contributed by atoms with E-state index in [1.165, 1.54) is 35.9 Å². The predicted octanol–water partition coefficient (Wildman–Crippen LogP) is 1.88. The van der Waals surface area contributed by atoms with Gasteiger partial charge in [0.25, 0.3) is 0 Å². The highest BCUT2D eigenvalue weighted by Gasteiger charge is 2.24. The molecule has 0 radical (unpaired) electrons. The normalized spacial score (nSPS) is 25.4. The van der Waals surface area contributed by atoms with Gasteiger partial charge in [-0.2, -0.15) is 23.5 Å². The lowest BCUT2D eigenvalue weighted by molar-refractivity contribution is 0.396. The molecule has 0 unspecified atom stereocenters. The van der Waals surface area contributed by atoms with E-state index >= 15 is 0 Å². The van der Waals surface area contributed by atoms with Crippen LogP contribution in [0.5, 0.6) is 0 Å². The van der Waals surface area contributed by atoms with Crippen molar-refractivity contribution in [2.45, 2.75) is 24.9 Å². The first-order chi connectivity index (χ1) is 9.92. The molecule has 1 atom stereocenters. The topological polar surface area (TPSA) is 41.1 Å². The predicted molar refractivity (Wildman–Crippen MR) is 88.8 cm³/mol. The largest absolute Gasteiger partial charge is 0.339 e. The summed E-state index contributed by atoms with van der Waals surface area (Å²) in [5.41, 5.74) is 0. The Balaban J connectivity index is 1.55. The average Bonchev–Trinajstić information content (AvgIpc) is 2.77. The number of nitrogens with one attached hydrogen (secondary N) is 1. The van der Waals surface area contributed by atoms with Crippen LogP contribution in [0.3, 0.4) is 0 Å².